The van der Waals surface area contributed by atoms with Crippen LogP contribution in [0.2, 0.25) is 5.02 Å². The monoisotopic (exact) mass is 260 g/mol. The van der Waals surface area contributed by atoms with Crippen molar-refractivity contribution in [3.05, 3.63) is 34.3 Å². The van der Waals surface area contributed by atoms with Gasteiger partial charge in [0, 0.05) is 10.6 Å². The molecule has 0 aliphatic rings. The summed E-state index contributed by atoms with van der Waals surface area (Å²) in [4.78, 5) is 10.8. The third kappa shape index (κ3) is 3.22. The zero-order chi connectivity index (χ0) is 12.1. The Balaban J connectivity index is 3.00. The Morgan fingerprint density at radius 1 is 1.44 bits per heavy atom. The predicted molar refractivity (Wildman–Crippen MR) is 66.3 cm³/mol. The Labute approximate surface area is 104 Å². The average Bonchev–Trinajstić information content (AvgIpc) is 2.28. The normalized spacial score (nSPS) is 14.5. The number of rotatable bonds is 5. The highest BCUT2D eigenvalue weighted by Crippen LogP contribution is 2.25. The van der Waals surface area contributed by atoms with Crippen molar-refractivity contribution >= 4 is 30.5 Å². The molecule has 0 saturated heterocycles. The van der Waals surface area contributed by atoms with Gasteiger partial charge < -0.3 is 10.2 Å². The van der Waals surface area contributed by atoms with Gasteiger partial charge in [-0.25, -0.2) is 0 Å². The molecular formula is C11H13ClO3S. The zero-order valence-corrected chi connectivity index (χ0v) is 10.2. The van der Waals surface area contributed by atoms with Crippen LogP contribution in [0.1, 0.15) is 28.4 Å². The first-order valence-corrected chi connectivity index (χ1v) is 5.82. The fourth-order valence-electron chi connectivity index (χ4n) is 1.41. The second-order valence-corrected chi connectivity index (χ2v) is 4.30. The molecular weight excluding hydrogens is 248 g/mol. The number of aliphatic hydroxyl groups excluding tert-OH is 2. The van der Waals surface area contributed by atoms with Crippen molar-refractivity contribution < 1.29 is 15.0 Å². The second kappa shape index (κ2) is 6.25. The molecule has 1 aromatic carbocycles. The van der Waals surface area contributed by atoms with E-state index in [4.69, 9.17) is 11.6 Å². The van der Waals surface area contributed by atoms with Crippen molar-refractivity contribution in [1.29, 1.82) is 0 Å². The standard InChI is InChI=1S/C11H13ClO3S/c12-8-2-1-7(6-13)9(5-8)11(15)10(14)3-4-16/h1-2,5-6,10-11,14-16H,3-4H2. The summed E-state index contributed by atoms with van der Waals surface area (Å²) in [6.45, 7) is 0. The topological polar surface area (TPSA) is 57.5 Å². The summed E-state index contributed by atoms with van der Waals surface area (Å²) in [6, 6.07) is 4.56. The van der Waals surface area contributed by atoms with E-state index in [1.165, 1.54) is 12.1 Å². The Kier molecular flexibility index (Phi) is 5.28. The Hall–Kier alpha value is -0.550. The summed E-state index contributed by atoms with van der Waals surface area (Å²) in [5, 5.41) is 19.9. The molecule has 0 spiro atoms. The minimum Gasteiger partial charge on any atom is -0.390 e. The van der Waals surface area contributed by atoms with Gasteiger partial charge in [-0.15, -0.1) is 0 Å². The van der Waals surface area contributed by atoms with E-state index in [-0.39, 0.29) is 0 Å². The van der Waals surface area contributed by atoms with E-state index in [1.807, 2.05) is 0 Å². The SMILES string of the molecule is O=Cc1ccc(Cl)cc1C(O)C(O)CCS. The molecule has 2 atom stereocenters. The van der Waals surface area contributed by atoms with Crippen LogP contribution < -0.4 is 0 Å². The molecule has 0 amide bonds. The quantitative estimate of drug-likeness (QED) is 0.560. The van der Waals surface area contributed by atoms with Gasteiger partial charge in [-0.1, -0.05) is 11.6 Å². The molecule has 0 bridgehead atoms. The van der Waals surface area contributed by atoms with Crippen LogP contribution in [0.3, 0.4) is 0 Å². The van der Waals surface area contributed by atoms with Crippen molar-refractivity contribution in [2.75, 3.05) is 5.75 Å². The molecule has 0 heterocycles. The van der Waals surface area contributed by atoms with Crippen molar-refractivity contribution in [1.82, 2.24) is 0 Å². The predicted octanol–water partition coefficient (Wildman–Crippen LogP) is 1.87. The number of aliphatic hydroxyl groups is 2. The summed E-state index contributed by atoms with van der Waals surface area (Å²) in [6.07, 6.45) is -1.10. The third-order valence-electron chi connectivity index (χ3n) is 2.28. The maximum atomic E-state index is 10.8. The van der Waals surface area contributed by atoms with Crippen LogP contribution in [0.5, 0.6) is 0 Å². The molecule has 5 heteroatoms. The van der Waals surface area contributed by atoms with Crippen molar-refractivity contribution in [2.24, 2.45) is 0 Å². The van der Waals surface area contributed by atoms with Gasteiger partial charge in [0.1, 0.15) is 12.4 Å². The van der Waals surface area contributed by atoms with Gasteiger partial charge in [0.05, 0.1) is 6.10 Å². The van der Waals surface area contributed by atoms with Gasteiger partial charge in [-0.2, -0.15) is 12.6 Å². The van der Waals surface area contributed by atoms with Gasteiger partial charge >= 0.3 is 0 Å². The number of hydrogen-bond donors (Lipinski definition) is 3. The van der Waals surface area contributed by atoms with E-state index in [2.05, 4.69) is 12.6 Å². The van der Waals surface area contributed by atoms with E-state index in [9.17, 15) is 15.0 Å². The molecule has 2 unspecified atom stereocenters. The van der Waals surface area contributed by atoms with Gasteiger partial charge in [-0.05, 0) is 35.9 Å². The lowest BCUT2D eigenvalue weighted by Gasteiger charge is -2.18. The lowest BCUT2D eigenvalue weighted by molar-refractivity contribution is 0.0169. The molecule has 0 aromatic heterocycles. The molecule has 1 aromatic rings. The van der Waals surface area contributed by atoms with E-state index < -0.39 is 12.2 Å². The van der Waals surface area contributed by atoms with Crippen LogP contribution in [-0.4, -0.2) is 28.4 Å². The summed E-state index contributed by atoms with van der Waals surface area (Å²) < 4.78 is 0. The van der Waals surface area contributed by atoms with Crippen LogP contribution in [0.25, 0.3) is 0 Å². The molecule has 0 fully saturated rings. The lowest BCUT2D eigenvalue weighted by Crippen LogP contribution is -2.20. The third-order valence-corrected chi connectivity index (χ3v) is 2.78. The molecule has 1 rings (SSSR count). The first kappa shape index (κ1) is 13.5. The van der Waals surface area contributed by atoms with Gasteiger partial charge in [0.25, 0.3) is 0 Å². The summed E-state index contributed by atoms with van der Waals surface area (Å²) in [5.41, 5.74) is 0.673. The van der Waals surface area contributed by atoms with E-state index >= 15 is 0 Å². The Bertz CT molecular complexity index is 370. The molecule has 2 N–H and O–H groups in total. The number of thiol groups is 1. The number of aldehydes is 1. The summed E-state index contributed by atoms with van der Waals surface area (Å²) >= 11 is 9.75. The van der Waals surface area contributed by atoms with Crippen LogP contribution in [0.4, 0.5) is 0 Å². The minimum absolute atomic E-state index is 0.329. The van der Waals surface area contributed by atoms with E-state index in [1.54, 1.807) is 6.07 Å². The number of carbonyl (C=O) groups is 1. The molecule has 0 aliphatic heterocycles. The highest BCUT2D eigenvalue weighted by molar-refractivity contribution is 7.80. The molecule has 88 valence electrons. The van der Waals surface area contributed by atoms with Crippen LogP contribution in [0.15, 0.2) is 18.2 Å². The fraction of sp³-hybridized carbons (Fsp3) is 0.364. The first-order chi connectivity index (χ1) is 7.60. The molecule has 0 aliphatic carbocycles. The maximum absolute atomic E-state index is 10.8. The molecule has 16 heavy (non-hydrogen) atoms. The average molecular weight is 261 g/mol. The van der Waals surface area contributed by atoms with E-state index in [0.717, 1.165) is 0 Å². The number of hydrogen-bond acceptors (Lipinski definition) is 4. The minimum atomic E-state index is -1.12. The van der Waals surface area contributed by atoms with Gasteiger partial charge in [-0.3, -0.25) is 4.79 Å². The maximum Gasteiger partial charge on any atom is 0.150 e. The summed E-state index contributed by atoms with van der Waals surface area (Å²) in [5.74, 6) is 0.454. The van der Waals surface area contributed by atoms with Crippen molar-refractivity contribution in [2.45, 2.75) is 18.6 Å². The van der Waals surface area contributed by atoms with Crippen LogP contribution in [0, 0.1) is 0 Å². The van der Waals surface area contributed by atoms with Crippen molar-refractivity contribution in [3.63, 3.8) is 0 Å². The molecule has 0 radical (unpaired) electrons. The largest absolute Gasteiger partial charge is 0.390 e. The zero-order valence-electron chi connectivity index (χ0n) is 8.51. The number of carbonyl (C=O) groups excluding carboxylic acids is 1. The Morgan fingerprint density at radius 3 is 2.69 bits per heavy atom. The summed E-state index contributed by atoms with van der Waals surface area (Å²) in [7, 11) is 0. The first-order valence-electron chi connectivity index (χ1n) is 4.81. The van der Waals surface area contributed by atoms with Crippen molar-refractivity contribution in [3.8, 4) is 0 Å². The Morgan fingerprint density at radius 2 is 2.12 bits per heavy atom. The second-order valence-electron chi connectivity index (χ2n) is 3.42. The molecule has 0 saturated carbocycles. The smallest absolute Gasteiger partial charge is 0.150 e. The van der Waals surface area contributed by atoms with Gasteiger partial charge in [0.15, 0.2) is 0 Å². The van der Waals surface area contributed by atoms with E-state index in [0.29, 0.717) is 34.6 Å². The highest BCUT2D eigenvalue weighted by Gasteiger charge is 2.20. The fourth-order valence-corrected chi connectivity index (χ4v) is 1.85. The lowest BCUT2D eigenvalue weighted by atomic mass is 9.98. The van der Waals surface area contributed by atoms with Gasteiger partial charge in [0.2, 0.25) is 0 Å². The number of benzene rings is 1. The van der Waals surface area contributed by atoms with Crippen LogP contribution >= 0.6 is 24.2 Å². The highest BCUT2D eigenvalue weighted by atomic mass is 35.5. The molecule has 3 nitrogen and oxygen atoms in total. The van der Waals surface area contributed by atoms with Crippen LogP contribution in [-0.2, 0) is 0 Å². The number of halogens is 1.